The van der Waals surface area contributed by atoms with E-state index in [1.54, 1.807) is 30.3 Å². The molecule has 2 heterocycles. The van der Waals surface area contributed by atoms with Gasteiger partial charge in [-0.2, -0.15) is 10.2 Å². The summed E-state index contributed by atoms with van der Waals surface area (Å²) in [5.74, 6) is -0.921. The van der Waals surface area contributed by atoms with Crippen LogP contribution in [0.3, 0.4) is 0 Å². The van der Waals surface area contributed by atoms with E-state index < -0.39 is 17.0 Å². The summed E-state index contributed by atoms with van der Waals surface area (Å²) in [5.41, 5.74) is 4.38. The van der Waals surface area contributed by atoms with Gasteiger partial charge in [0.15, 0.2) is 0 Å². The highest BCUT2D eigenvalue weighted by Crippen LogP contribution is 2.32. The minimum Gasteiger partial charge on any atom is -0.437 e. The second-order valence-electron chi connectivity index (χ2n) is 5.28. The number of rotatable bonds is 4. The molecule has 2 aromatic heterocycles. The van der Waals surface area contributed by atoms with Crippen LogP contribution in [0.2, 0.25) is 10.0 Å². The zero-order chi connectivity index (χ0) is 19.6. The van der Waals surface area contributed by atoms with Crippen LogP contribution in [0.15, 0.2) is 53.0 Å². The third kappa shape index (κ3) is 3.77. The monoisotopic (exact) mass is 400 g/mol. The van der Waals surface area contributed by atoms with Crippen LogP contribution in [0, 0.1) is 11.3 Å². The summed E-state index contributed by atoms with van der Waals surface area (Å²) in [7, 11) is 0. The lowest BCUT2D eigenvalue weighted by atomic mass is 10.2. The summed E-state index contributed by atoms with van der Waals surface area (Å²) in [5, 5.41) is 9.69. The summed E-state index contributed by atoms with van der Waals surface area (Å²) in [6.07, 6.45) is 2.54. The molecule has 0 aliphatic rings. The van der Waals surface area contributed by atoms with E-state index >= 15 is 0 Å². The zero-order valence-corrected chi connectivity index (χ0v) is 15.0. The Morgan fingerprint density at radius 2 is 2.07 bits per heavy atom. The Morgan fingerprint density at radius 3 is 2.74 bits per heavy atom. The fraction of sp³-hybridized carbons (Fsp3) is 0. The maximum absolute atomic E-state index is 12.8. The minimum absolute atomic E-state index is 0.125. The van der Waals surface area contributed by atoms with E-state index in [1.165, 1.54) is 22.7 Å². The second kappa shape index (κ2) is 7.50. The molecule has 0 saturated carbocycles. The molecule has 3 rings (SSSR count). The number of nitrogens with two attached hydrogens (primary N) is 1. The van der Waals surface area contributed by atoms with Gasteiger partial charge in [0.25, 0.3) is 11.5 Å². The number of carbonyl (C=O) groups is 1. The summed E-state index contributed by atoms with van der Waals surface area (Å²) in [4.78, 5) is 28.5. The normalized spacial score (nSPS) is 11.2. The van der Waals surface area contributed by atoms with Crippen LogP contribution >= 0.6 is 23.2 Å². The predicted octanol–water partition coefficient (Wildman–Crippen LogP) is 3.19. The number of amides is 1. The Morgan fingerprint density at radius 1 is 1.30 bits per heavy atom. The Hall–Kier alpha value is -3.34. The van der Waals surface area contributed by atoms with Crippen LogP contribution in [-0.4, -0.2) is 15.3 Å². The van der Waals surface area contributed by atoms with E-state index in [4.69, 9.17) is 38.9 Å². The molecule has 1 amide bonds. The van der Waals surface area contributed by atoms with Crippen LogP contribution in [0.4, 0.5) is 0 Å². The predicted molar refractivity (Wildman–Crippen MR) is 101 cm³/mol. The van der Waals surface area contributed by atoms with E-state index in [0.717, 1.165) is 6.08 Å². The van der Waals surface area contributed by atoms with E-state index in [1.807, 2.05) is 0 Å². The molecule has 0 bridgehead atoms. The van der Waals surface area contributed by atoms with Crippen LogP contribution < -0.4 is 16.0 Å². The molecule has 0 saturated heterocycles. The molecule has 2 N–H and O–H groups in total. The number of halogens is 2. The summed E-state index contributed by atoms with van der Waals surface area (Å²) in [6.45, 7) is 0. The average Bonchev–Trinajstić information content (AvgIpc) is 2.63. The standard InChI is InChI=1S/C18H10Cl2N4O3/c19-11-4-5-14(13(20)8-11)27-17-12(7-10(9-21)16(22)25)18(26)24-6-2-1-3-15(24)23-17/h1-8H,(H2,22,25)/b10-7+. The number of nitriles is 1. The van der Waals surface area contributed by atoms with Gasteiger partial charge in [0.1, 0.15) is 28.6 Å². The molecule has 3 aromatic rings. The van der Waals surface area contributed by atoms with Crippen LogP contribution in [0.1, 0.15) is 5.56 Å². The third-order valence-corrected chi connectivity index (χ3v) is 4.04. The molecule has 0 radical (unpaired) electrons. The van der Waals surface area contributed by atoms with Crippen molar-refractivity contribution in [3.05, 3.63) is 74.1 Å². The number of hydrogen-bond acceptors (Lipinski definition) is 5. The molecule has 0 spiro atoms. The lowest BCUT2D eigenvalue weighted by Gasteiger charge is -2.11. The van der Waals surface area contributed by atoms with Crippen molar-refractivity contribution in [2.45, 2.75) is 0 Å². The fourth-order valence-electron chi connectivity index (χ4n) is 2.25. The van der Waals surface area contributed by atoms with E-state index in [9.17, 15) is 9.59 Å². The summed E-state index contributed by atoms with van der Waals surface area (Å²) >= 11 is 12.0. The van der Waals surface area contributed by atoms with Crippen molar-refractivity contribution in [1.29, 1.82) is 5.26 Å². The van der Waals surface area contributed by atoms with Gasteiger partial charge >= 0.3 is 0 Å². The van der Waals surface area contributed by atoms with Gasteiger partial charge in [-0.3, -0.25) is 14.0 Å². The number of aromatic nitrogens is 2. The Bertz CT molecular complexity index is 1200. The molecular weight excluding hydrogens is 391 g/mol. The Balaban J connectivity index is 2.26. The van der Waals surface area contributed by atoms with Crippen molar-refractivity contribution in [3.63, 3.8) is 0 Å². The SMILES string of the molecule is N#C/C(=C\c1c(Oc2ccc(Cl)cc2Cl)nc2ccccn2c1=O)C(N)=O. The average molecular weight is 401 g/mol. The molecule has 0 aliphatic heterocycles. The highest BCUT2D eigenvalue weighted by Gasteiger charge is 2.17. The molecule has 1 aromatic carbocycles. The first-order valence-corrected chi connectivity index (χ1v) is 8.22. The number of ether oxygens (including phenoxy) is 1. The summed E-state index contributed by atoms with van der Waals surface area (Å²) < 4.78 is 6.94. The number of nitrogens with zero attached hydrogens (tertiary/aromatic N) is 3. The first kappa shape index (κ1) is 18.5. The van der Waals surface area contributed by atoms with Gasteiger partial charge in [-0.15, -0.1) is 0 Å². The van der Waals surface area contributed by atoms with Crippen LogP contribution in [0.25, 0.3) is 11.7 Å². The van der Waals surface area contributed by atoms with Crippen molar-refractivity contribution in [2.75, 3.05) is 0 Å². The van der Waals surface area contributed by atoms with Gasteiger partial charge in [-0.05, 0) is 36.4 Å². The molecule has 7 nitrogen and oxygen atoms in total. The number of fused-ring (bicyclic) bond motifs is 1. The Kier molecular flexibility index (Phi) is 5.12. The van der Waals surface area contributed by atoms with Crippen molar-refractivity contribution in [1.82, 2.24) is 9.38 Å². The van der Waals surface area contributed by atoms with Crippen molar-refractivity contribution in [3.8, 4) is 17.7 Å². The summed E-state index contributed by atoms with van der Waals surface area (Å²) in [6, 6.07) is 11.1. The molecule has 9 heteroatoms. The number of primary amides is 1. The van der Waals surface area contributed by atoms with Gasteiger partial charge in [-0.25, -0.2) is 0 Å². The lowest BCUT2D eigenvalue weighted by molar-refractivity contribution is -0.114. The molecule has 0 unspecified atom stereocenters. The van der Waals surface area contributed by atoms with Gasteiger partial charge in [0.2, 0.25) is 5.88 Å². The smallest absolute Gasteiger partial charge is 0.269 e. The molecular formula is C18H10Cl2N4O3. The second-order valence-corrected chi connectivity index (χ2v) is 6.12. The minimum atomic E-state index is -0.981. The largest absolute Gasteiger partial charge is 0.437 e. The highest BCUT2D eigenvalue weighted by atomic mass is 35.5. The van der Waals surface area contributed by atoms with Crippen molar-refractivity contribution >= 4 is 40.8 Å². The zero-order valence-electron chi connectivity index (χ0n) is 13.5. The topological polar surface area (TPSA) is 110 Å². The molecule has 0 fully saturated rings. The highest BCUT2D eigenvalue weighted by molar-refractivity contribution is 6.35. The molecule has 27 heavy (non-hydrogen) atoms. The number of hydrogen-bond donors (Lipinski definition) is 1. The maximum Gasteiger partial charge on any atom is 0.269 e. The molecule has 0 atom stereocenters. The first-order valence-electron chi connectivity index (χ1n) is 7.46. The fourth-order valence-corrected chi connectivity index (χ4v) is 2.70. The van der Waals surface area contributed by atoms with Gasteiger partial charge < -0.3 is 10.5 Å². The van der Waals surface area contributed by atoms with E-state index in [2.05, 4.69) is 4.98 Å². The number of carbonyl (C=O) groups excluding carboxylic acids is 1. The van der Waals surface area contributed by atoms with E-state index in [0.29, 0.717) is 10.7 Å². The third-order valence-electron chi connectivity index (χ3n) is 3.51. The number of benzene rings is 1. The quantitative estimate of drug-likeness (QED) is 0.533. The lowest BCUT2D eigenvalue weighted by Crippen LogP contribution is -2.20. The van der Waals surface area contributed by atoms with Crippen LogP contribution in [-0.2, 0) is 4.79 Å². The van der Waals surface area contributed by atoms with Crippen molar-refractivity contribution in [2.24, 2.45) is 5.73 Å². The molecule has 0 aliphatic carbocycles. The van der Waals surface area contributed by atoms with E-state index in [-0.39, 0.29) is 22.2 Å². The van der Waals surface area contributed by atoms with Gasteiger partial charge in [0, 0.05) is 11.2 Å². The maximum atomic E-state index is 12.8. The van der Waals surface area contributed by atoms with Crippen LogP contribution in [0.5, 0.6) is 11.6 Å². The molecule has 134 valence electrons. The number of pyridine rings is 1. The Labute approximate surface area is 162 Å². The van der Waals surface area contributed by atoms with Crippen molar-refractivity contribution < 1.29 is 9.53 Å². The van der Waals surface area contributed by atoms with Gasteiger partial charge in [-0.1, -0.05) is 29.3 Å². The van der Waals surface area contributed by atoms with Gasteiger partial charge in [0.05, 0.1) is 5.02 Å². The first-order chi connectivity index (χ1) is 12.9.